The zero-order valence-electron chi connectivity index (χ0n) is 15.4. The topological polar surface area (TPSA) is 80.5 Å². The fourth-order valence-electron chi connectivity index (χ4n) is 2.73. The van der Waals surface area contributed by atoms with Gasteiger partial charge < -0.3 is 14.7 Å². The molecule has 1 aliphatic rings. The van der Waals surface area contributed by atoms with E-state index in [1.165, 1.54) is 0 Å². The molecule has 136 valence electrons. The first kappa shape index (κ1) is 18.7. The summed E-state index contributed by atoms with van der Waals surface area (Å²) >= 11 is 0. The average Bonchev–Trinajstić information content (AvgIpc) is 2.93. The number of ether oxygens (including phenoxy) is 1. The number of aliphatic hydroxyl groups is 1. The molecule has 7 nitrogen and oxygen atoms in total. The zero-order chi connectivity index (χ0) is 18.0. The van der Waals surface area contributed by atoms with Gasteiger partial charge in [-0.3, -0.25) is 0 Å². The van der Waals surface area contributed by atoms with Gasteiger partial charge in [0, 0.05) is 25.7 Å². The normalized spacial score (nSPS) is 19.2. The number of rotatable bonds is 4. The van der Waals surface area contributed by atoms with Crippen LogP contribution in [0, 0.1) is 0 Å². The summed E-state index contributed by atoms with van der Waals surface area (Å²) in [5.74, 6) is 0. The van der Waals surface area contributed by atoms with Gasteiger partial charge in [0.05, 0.1) is 17.3 Å². The molecule has 1 aromatic rings. The molecule has 7 heteroatoms. The van der Waals surface area contributed by atoms with Gasteiger partial charge in [-0.2, -0.15) is 0 Å². The van der Waals surface area contributed by atoms with E-state index in [9.17, 15) is 9.90 Å². The Labute approximate surface area is 144 Å². The molecule has 0 aromatic carbocycles. The van der Waals surface area contributed by atoms with Gasteiger partial charge >= 0.3 is 6.09 Å². The lowest BCUT2D eigenvalue weighted by atomic mass is 9.98. The van der Waals surface area contributed by atoms with E-state index < -0.39 is 11.2 Å². The van der Waals surface area contributed by atoms with Crippen LogP contribution in [-0.2, 0) is 11.2 Å². The number of amides is 1. The van der Waals surface area contributed by atoms with Crippen molar-refractivity contribution >= 4 is 6.09 Å². The molecule has 1 amide bonds. The van der Waals surface area contributed by atoms with Crippen LogP contribution in [0.3, 0.4) is 0 Å². The average molecular weight is 338 g/mol. The number of carbonyl (C=O) groups excluding carboxylic acids is 1. The van der Waals surface area contributed by atoms with Crippen LogP contribution in [0.1, 0.15) is 65.6 Å². The Balaban J connectivity index is 1.89. The standard InChI is InChI=1S/C17H30N4O3/c1-6-17(5,23)11-13-12-21(19-18-13)14-7-9-20(10-8-14)15(22)24-16(2,3)4/h12,14,23H,6-11H2,1-5H3. The van der Waals surface area contributed by atoms with Gasteiger partial charge in [-0.15, -0.1) is 5.10 Å². The number of nitrogens with zero attached hydrogens (tertiary/aromatic N) is 4. The van der Waals surface area contributed by atoms with Gasteiger partial charge in [0.15, 0.2) is 0 Å². The summed E-state index contributed by atoms with van der Waals surface area (Å²) in [5, 5.41) is 18.5. The molecule has 1 aliphatic heterocycles. The van der Waals surface area contributed by atoms with Crippen LogP contribution in [0.25, 0.3) is 0 Å². The third-order valence-electron chi connectivity index (χ3n) is 4.37. The third kappa shape index (κ3) is 5.19. The fourth-order valence-corrected chi connectivity index (χ4v) is 2.73. The summed E-state index contributed by atoms with van der Waals surface area (Å²) in [6.07, 6.45) is 4.49. The van der Waals surface area contributed by atoms with Gasteiger partial charge in [-0.05, 0) is 47.0 Å². The molecular weight excluding hydrogens is 308 g/mol. The molecule has 1 unspecified atom stereocenters. The summed E-state index contributed by atoms with van der Waals surface area (Å²) in [7, 11) is 0. The zero-order valence-corrected chi connectivity index (χ0v) is 15.4. The largest absolute Gasteiger partial charge is 0.444 e. The maximum absolute atomic E-state index is 12.1. The van der Waals surface area contributed by atoms with Crippen LogP contribution in [0.2, 0.25) is 0 Å². The Morgan fingerprint density at radius 2 is 1.96 bits per heavy atom. The van der Waals surface area contributed by atoms with Crippen molar-refractivity contribution in [1.82, 2.24) is 19.9 Å². The molecule has 2 heterocycles. The highest BCUT2D eigenvalue weighted by atomic mass is 16.6. The molecule has 1 fully saturated rings. The fraction of sp³-hybridized carbons (Fsp3) is 0.824. The Morgan fingerprint density at radius 1 is 1.33 bits per heavy atom. The SMILES string of the molecule is CCC(C)(O)Cc1cn(C2CCN(C(=O)OC(C)(C)C)CC2)nn1. The van der Waals surface area contributed by atoms with Crippen LogP contribution in [0.15, 0.2) is 6.20 Å². The Bertz CT molecular complexity index is 554. The van der Waals surface area contributed by atoms with Crippen molar-refractivity contribution in [1.29, 1.82) is 0 Å². The van der Waals surface area contributed by atoms with Gasteiger partial charge in [-0.25, -0.2) is 9.48 Å². The first-order chi connectivity index (χ1) is 11.1. The van der Waals surface area contributed by atoms with Crippen LogP contribution >= 0.6 is 0 Å². The molecule has 0 saturated carbocycles. The molecule has 1 saturated heterocycles. The maximum Gasteiger partial charge on any atom is 0.410 e. The molecule has 0 aliphatic carbocycles. The molecule has 0 bridgehead atoms. The monoisotopic (exact) mass is 338 g/mol. The van der Waals surface area contributed by atoms with Gasteiger partial charge in [0.25, 0.3) is 0 Å². The number of likely N-dealkylation sites (tertiary alicyclic amines) is 1. The maximum atomic E-state index is 12.1. The quantitative estimate of drug-likeness (QED) is 0.912. The van der Waals surface area contributed by atoms with Crippen LogP contribution in [0.4, 0.5) is 4.79 Å². The molecule has 1 aromatic heterocycles. The van der Waals surface area contributed by atoms with Crippen molar-refractivity contribution in [3.8, 4) is 0 Å². The van der Waals surface area contributed by atoms with Crippen LogP contribution in [-0.4, -0.2) is 55.4 Å². The molecule has 1 atom stereocenters. The number of piperidine rings is 1. The molecule has 2 rings (SSSR count). The number of aromatic nitrogens is 3. The summed E-state index contributed by atoms with van der Waals surface area (Å²) in [5.41, 5.74) is -0.414. The lowest BCUT2D eigenvalue weighted by Crippen LogP contribution is -2.42. The lowest BCUT2D eigenvalue weighted by Gasteiger charge is -2.33. The smallest absolute Gasteiger partial charge is 0.410 e. The van der Waals surface area contributed by atoms with Crippen LogP contribution in [0.5, 0.6) is 0 Å². The predicted octanol–water partition coefficient (Wildman–Crippen LogP) is 2.55. The van der Waals surface area contributed by atoms with Crippen molar-refractivity contribution in [2.45, 2.75) is 77.5 Å². The molecule has 24 heavy (non-hydrogen) atoms. The van der Waals surface area contributed by atoms with E-state index in [1.54, 1.807) is 4.90 Å². The van der Waals surface area contributed by atoms with Gasteiger partial charge in [-0.1, -0.05) is 12.1 Å². The van der Waals surface area contributed by atoms with Crippen molar-refractivity contribution in [2.75, 3.05) is 13.1 Å². The predicted molar refractivity (Wildman–Crippen MR) is 90.7 cm³/mol. The van der Waals surface area contributed by atoms with Crippen molar-refractivity contribution in [3.63, 3.8) is 0 Å². The first-order valence-electron chi connectivity index (χ1n) is 8.70. The first-order valence-corrected chi connectivity index (χ1v) is 8.70. The van der Waals surface area contributed by atoms with E-state index in [0.717, 1.165) is 18.5 Å². The Hall–Kier alpha value is -1.63. The minimum absolute atomic E-state index is 0.233. The lowest BCUT2D eigenvalue weighted by molar-refractivity contribution is 0.0184. The minimum Gasteiger partial charge on any atom is -0.444 e. The van der Waals surface area contributed by atoms with Crippen LogP contribution < -0.4 is 0 Å². The number of carbonyl (C=O) groups is 1. The van der Waals surface area contributed by atoms with E-state index in [4.69, 9.17) is 4.74 Å². The second kappa shape index (κ2) is 7.09. The number of hydrogen-bond acceptors (Lipinski definition) is 5. The highest BCUT2D eigenvalue weighted by molar-refractivity contribution is 5.68. The van der Waals surface area contributed by atoms with Gasteiger partial charge in [0.2, 0.25) is 0 Å². The summed E-state index contributed by atoms with van der Waals surface area (Å²) < 4.78 is 7.28. The highest BCUT2D eigenvalue weighted by Crippen LogP contribution is 2.24. The molecule has 0 spiro atoms. The Morgan fingerprint density at radius 3 is 2.50 bits per heavy atom. The van der Waals surface area contributed by atoms with E-state index in [0.29, 0.717) is 25.9 Å². The minimum atomic E-state index is -0.749. The second-order valence-corrected chi connectivity index (χ2v) is 7.92. The van der Waals surface area contributed by atoms with E-state index in [-0.39, 0.29) is 12.1 Å². The van der Waals surface area contributed by atoms with Crippen molar-refractivity contribution < 1.29 is 14.6 Å². The van der Waals surface area contributed by atoms with Crippen molar-refractivity contribution in [3.05, 3.63) is 11.9 Å². The van der Waals surface area contributed by atoms with E-state index in [1.807, 2.05) is 45.5 Å². The highest BCUT2D eigenvalue weighted by Gasteiger charge is 2.28. The molecule has 1 N–H and O–H groups in total. The van der Waals surface area contributed by atoms with Crippen molar-refractivity contribution in [2.24, 2.45) is 0 Å². The summed E-state index contributed by atoms with van der Waals surface area (Å²) in [6.45, 7) is 10.7. The van der Waals surface area contributed by atoms with E-state index >= 15 is 0 Å². The van der Waals surface area contributed by atoms with Gasteiger partial charge in [0.1, 0.15) is 5.60 Å². The molecule has 0 radical (unpaired) electrons. The Kier molecular flexibility index (Phi) is 5.52. The molecular formula is C17H30N4O3. The summed E-state index contributed by atoms with van der Waals surface area (Å²) in [4.78, 5) is 13.8. The summed E-state index contributed by atoms with van der Waals surface area (Å²) in [6, 6.07) is 0.233. The second-order valence-electron chi connectivity index (χ2n) is 7.92. The number of hydrogen-bond donors (Lipinski definition) is 1. The third-order valence-corrected chi connectivity index (χ3v) is 4.37. The van der Waals surface area contributed by atoms with E-state index in [2.05, 4.69) is 10.3 Å².